The molecular weight excluding hydrogens is 526 g/mol. The Labute approximate surface area is 238 Å². The number of para-hydroxylation sites is 1. The number of carbonyl (C=O) groups excluding carboxylic acids is 2. The summed E-state index contributed by atoms with van der Waals surface area (Å²) in [4.78, 5) is 25.6. The van der Waals surface area contributed by atoms with Crippen LogP contribution in [0.3, 0.4) is 0 Å². The van der Waals surface area contributed by atoms with E-state index in [2.05, 4.69) is 46.8 Å². The molecule has 10 heteroatoms. The molecule has 208 valence electrons. The predicted octanol–water partition coefficient (Wildman–Crippen LogP) is 5.07. The van der Waals surface area contributed by atoms with E-state index in [1.807, 2.05) is 10.6 Å². The number of methoxy groups -OCH3 is 2. The molecule has 9 nitrogen and oxygen atoms in total. The van der Waals surface area contributed by atoms with Crippen molar-refractivity contribution in [2.24, 2.45) is 0 Å². The number of benzene rings is 3. The van der Waals surface area contributed by atoms with Gasteiger partial charge < -0.3 is 20.1 Å². The van der Waals surface area contributed by atoms with Crippen molar-refractivity contribution in [3.63, 3.8) is 0 Å². The van der Waals surface area contributed by atoms with Gasteiger partial charge in [-0.05, 0) is 72.5 Å². The molecule has 0 aliphatic carbocycles. The van der Waals surface area contributed by atoms with E-state index in [1.54, 1.807) is 62.8 Å². The molecule has 0 fully saturated rings. The van der Waals surface area contributed by atoms with Crippen molar-refractivity contribution in [2.45, 2.75) is 38.4 Å². The minimum Gasteiger partial charge on any atom is -0.497 e. The van der Waals surface area contributed by atoms with Crippen molar-refractivity contribution in [1.82, 2.24) is 20.1 Å². The van der Waals surface area contributed by atoms with E-state index in [0.29, 0.717) is 33.7 Å². The summed E-state index contributed by atoms with van der Waals surface area (Å²) in [6.07, 6.45) is 1.61. The van der Waals surface area contributed by atoms with Gasteiger partial charge in [0.25, 0.3) is 5.91 Å². The van der Waals surface area contributed by atoms with Gasteiger partial charge in [-0.25, -0.2) is 0 Å². The number of nitrogens with zero attached hydrogens (tertiary/aromatic N) is 3. The first kappa shape index (κ1) is 28.7. The van der Waals surface area contributed by atoms with Crippen molar-refractivity contribution in [1.29, 1.82) is 0 Å². The number of ether oxygens (including phenoxy) is 2. The number of hydrogen-bond donors (Lipinski definition) is 2. The largest absolute Gasteiger partial charge is 0.497 e. The molecule has 2 amide bonds. The van der Waals surface area contributed by atoms with Crippen LogP contribution in [0.15, 0.2) is 71.9 Å². The second-order valence-electron chi connectivity index (χ2n) is 8.84. The van der Waals surface area contributed by atoms with Crippen LogP contribution in [0.5, 0.6) is 11.5 Å². The lowest BCUT2D eigenvalue weighted by molar-refractivity contribution is -0.113. The molecule has 1 heterocycles. The summed E-state index contributed by atoms with van der Waals surface area (Å²) < 4.78 is 12.3. The SMILES string of the molecule is CCc1cccc(CC)c1-n1c(CNC(=O)c2ccc(OC)cc2)nnc1SCC(=O)Nc1ccc(OC)cc1. The van der Waals surface area contributed by atoms with Crippen LogP contribution in [0.25, 0.3) is 5.69 Å². The van der Waals surface area contributed by atoms with E-state index in [9.17, 15) is 9.59 Å². The molecule has 40 heavy (non-hydrogen) atoms. The number of amides is 2. The van der Waals surface area contributed by atoms with Crippen LogP contribution in [0, 0.1) is 0 Å². The van der Waals surface area contributed by atoms with Crippen molar-refractivity contribution in [3.05, 3.63) is 89.2 Å². The lowest BCUT2D eigenvalue weighted by Crippen LogP contribution is -2.25. The number of anilines is 1. The van der Waals surface area contributed by atoms with Crippen molar-refractivity contribution < 1.29 is 19.1 Å². The smallest absolute Gasteiger partial charge is 0.251 e. The van der Waals surface area contributed by atoms with Crippen LogP contribution < -0.4 is 20.1 Å². The average molecular weight is 560 g/mol. The summed E-state index contributed by atoms with van der Waals surface area (Å²) in [7, 11) is 3.18. The van der Waals surface area contributed by atoms with E-state index in [4.69, 9.17) is 9.47 Å². The number of nitrogens with one attached hydrogen (secondary N) is 2. The van der Waals surface area contributed by atoms with Gasteiger partial charge in [0.1, 0.15) is 11.5 Å². The van der Waals surface area contributed by atoms with Crippen LogP contribution in [0.4, 0.5) is 5.69 Å². The second-order valence-corrected chi connectivity index (χ2v) is 9.79. The number of aryl methyl sites for hydroxylation is 2. The predicted molar refractivity (Wildman–Crippen MR) is 157 cm³/mol. The van der Waals surface area contributed by atoms with Crippen LogP contribution >= 0.6 is 11.8 Å². The third-order valence-corrected chi connectivity index (χ3v) is 7.28. The Morgan fingerprint density at radius 3 is 2.02 bits per heavy atom. The molecule has 3 aromatic carbocycles. The van der Waals surface area contributed by atoms with E-state index in [-0.39, 0.29) is 24.1 Å². The fraction of sp³-hybridized carbons (Fsp3) is 0.267. The topological polar surface area (TPSA) is 107 Å². The van der Waals surface area contributed by atoms with Gasteiger partial charge in [0, 0.05) is 11.3 Å². The molecule has 0 aliphatic rings. The molecular formula is C30H33N5O4S. The second kappa shape index (κ2) is 13.7. The number of rotatable bonds is 12. The minimum atomic E-state index is -0.232. The first-order valence-corrected chi connectivity index (χ1v) is 14.0. The molecule has 0 bridgehead atoms. The van der Waals surface area contributed by atoms with Gasteiger partial charge in [0.15, 0.2) is 11.0 Å². The number of aromatic nitrogens is 3. The monoisotopic (exact) mass is 559 g/mol. The van der Waals surface area contributed by atoms with Gasteiger partial charge >= 0.3 is 0 Å². The highest BCUT2D eigenvalue weighted by Gasteiger charge is 2.21. The highest BCUT2D eigenvalue weighted by Crippen LogP contribution is 2.29. The normalized spacial score (nSPS) is 10.7. The Kier molecular flexibility index (Phi) is 9.80. The Balaban J connectivity index is 1.57. The van der Waals surface area contributed by atoms with Gasteiger partial charge in [-0.15, -0.1) is 10.2 Å². The summed E-state index contributed by atoms with van der Waals surface area (Å²) in [5.41, 5.74) is 4.45. The maximum atomic E-state index is 12.9. The molecule has 2 N–H and O–H groups in total. The molecule has 4 rings (SSSR count). The lowest BCUT2D eigenvalue weighted by atomic mass is 10.0. The summed E-state index contributed by atoms with van der Waals surface area (Å²) in [5.74, 6) is 1.71. The maximum absolute atomic E-state index is 12.9. The lowest BCUT2D eigenvalue weighted by Gasteiger charge is -2.18. The summed E-state index contributed by atoms with van der Waals surface area (Å²) in [6, 6.07) is 20.3. The fourth-order valence-electron chi connectivity index (χ4n) is 4.24. The van der Waals surface area contributed by atoms with Crippen LogP contribution in [0.1, 0.15) is 41.2 Å². The first-order chi connectivity index (χ1) is 19.5. The van der Waals surface area contributed by atoms with Crippen molar-refractivity contribution >= 4 is 29.3 Å². The van der Waals surface area contributed by atoms with Crippen molar-refractivity contribution in [2.75, 3.05) is 25.3 Å². The van der Waals surface area contributed by atoms with Crippen LogP contribution in [0.2, 0.25) is 0 Å². The Hall–Kier alpha value is -4.31. The van der Waals surface area contributed by atoms with E-state index >= 15 is 0 Å². The fourth-order valence-corrected chi connectivity index (χ4v) is 5.00. The zero-order valence-electron chi connectivity index (χ0n) is 23.1. The molecule has 0 spiro atoms. The molecule has 0 saturated heterocycles. The zero-order valence-corrected chi connectivity index (χ0v) is 23.9. The van der Waals surface area contributed by atoms with E-state index in [1.165, 1.54) is 11.8 Å². The maximum Gasteiger partial charge on any atom is 0.251 e. The highest BCUT2D eigenvalue weighted by atomic mass is 32.2. The Morgan fingerprint density at radius 1 is 0.850 bits per heavy atom. The minimum absolute atomic E-state index is 0.137. The number of thioether (sulfide) groups is 1. The van der Waals surface area contributed by atoms with Gasteiger partial charge in [-0.1, -0.05) is 43.8 Å². The third kappa shape index (κ3) is 6.81. The molecule has 0 unspecified atom stereocenters. The van der Waals surface area contributed by atoms with Crippen LogP contribution in [-0.2, 0) is 24.2 Å². The quantitative estimate of drug-likeness (QED) is 0.233. The molecule has 0 atom stereocenters. The van der Waals surface area contributed by atoms with E-state index < -0.39 is 0 Å². The summed E-state index contributed by atoms with van der Waals surface area (Å²) in [5, 5.41) is 15.3. The highest BCUT2D eigenvalue weighted by molar-refractivity contribution is 7.99. The Bertz CT molecular complexity index is 1430. The van der Waals surface area contributed by atoms with Gasteiger partial charge in [-0.3, -0.25) is 14.2 Å². The third-order valence-electron chi connectivity index (χ3n) is 6.35. The number of hydrogen-bond acceptors (Lipinski definition) is 7. The van der Waals surface area contributed by atoms with Gasteiger partial charge in [-0.2, -0.15) is 0 Å². The standard InChI is InChI=1S/C30H33N5O4S/c1-5-20-8-7-9-21(6-2)28(20)35-26(18-31-29(37)22-10-14-24(38-3)15-11-22)33-34-30(35)40-19-27(36)32-23-12-16-25(39-4)17-13-23/h7-17H,5-6,18-19H2,1-4H3,(H,31,37)(H,32,36). The number of carbonyl (C=O) groups is 2. The molecule has 0 aliphatic heterocycles. The zero-order chi connectivity index (χ0) is 28.5. The molecule has 4 aromatic rings. The summed E-state index contributed by atoms with van der Waals surface area (Å²) in [6.45, 7) is 4.36. The average Bonchev–Trinajstić information content (AvgIpc) is 3.40. The van der Waals surface area contributed by atoms with Crippen LogP contribution in [-0.4, -0.2) is 46.6 Å². The Morgan fingerprint density at radius 2 is 1.45 bits per heavy atom. The molecule has 0 radical (unpaired) electrons. The first-order valence-electron chi connectivity index (χ1n) is 13.0. The summed E-state index contributed by atoms with van der Waals surface area (Å²) >= 11 is 1.30. The molecule has 1 aromatic heterocycles. The van der Waals surface area contributed by atoms with Crippen molar-refractivity contribution in [3.8, 4) is 17.2 Å². The van der Waals surface area contributed by atoms with Gasteiger partial charge in [0.2, 0.25) is 5.91 Å². The van der Waals surface area contributed by atoms with E-state index in [0.717, 1.165) is 29.7 Å². The molecule has 0 saturated carbocycles. The van der Waals surface area contributed by atoms with Gasteiger partial charge in [0.05, 0.1) is 32.2 Å².